The van der Waals surface area contributed by atoms with Gasteiger partial charge in [-0.15, -0.1) is 0 Å². The van der Waals surface area contributed by atoms with Gasteiger partial charge >= 0.3 is 0 Å². The third-order valence-corrected chi connectivity index (χ3v) is 5.16. The van der Waals surface area contributed by atoms with Gasteiger partial charge in [0.1, 0.15) is 5.82 Å². The summed E-state index contributed by atoms with van der Waals surface area (Å²) in [6, 6.07) is 11.3. The molecule has 2 aromatic rings. The van der Waals surface area contributed by atoms with Crippen LogP contribution in [0.4, 0.5) is 4.39 Å². The second kappa shape index (κ2) is 6.68. The summed E-state index contributed by atoms with van der Waals surface area (Å²) in [6.07, 6.45) is 0. The van der Waals surface area contributed by atoms with Crippen molar-refractivity contribution in [1.82, 2.24) is 4.72 Å². The number of alkyl halides is 1. The molecule has 6 heteroatoms. The summed E-state index contributed by atoms with van der Waals surface area (Å²) >= 11 is 3.31. The van der Waals surface area contributed by atoms with E-state index in [9.17, 15) is 12.8 Å². The summed E-state index contributed by atoms with van der Waals surface area (Å²) in [5, 5.41) is 0.670. The van der Waals surface area contributed by atoms with E-state index >= 15 is 0 Å². The zero-order valence-corrected chi connectivity index (χ0v) is 13.8. The minimum atomic E-state index is -3.59. The molecule has 0 fully saturated rings. The zero-order valence-electron chi connectivity index (χ0n) is 11.4. The normalized spacial score (nSPS) is 11.6. The Hall–Kier alpha value is -1.24. The number of nitrogens with one attached hydrogen (secondary N) is 1. The van der Waals surface area contributed by atoms with E-state index < -0.39 is 10.0 Å². The van der Waals surface area contributed by atoms with E-state index in [4.69, 9.17) is 0 Å². The van der Waals surface area contributed by atoms with Crippen LogP contribution in [0.3, 0.4) is 0 Å². The summed E-state index contributed by atoms with van der Waals surface area (Å²) in [7, 11) is -3.59. The Morgan fingerprint density at radius 2 is 1.71 bits per heavy atom. The van der Waals surface area contributed by atoms with Crippen LogP contribution in [0.25, 0.3) is 0 Å². The van der Waals surface area contributed by atoms with Gasteiger partial charge in [-0.1, -0.05) is 40.2 Å². The summed E-state index contributed by atoms with van der Waals surface area (Å²) in [5.74, 6) is -0.339. The maximum absolute atomic E-state index is 13.4. The van der Waals surface area contributed by atoms with Crippen molar-refractivity contribution >= 4 is 26.0 Å². The lowest BCUT2D eigenvalue weighted by Gasteiger charge is -2.08. The highest BCUT2D eigenvalue weighted by Gasteiger charge is 2.13. The number of hydrogen-bond donors (Lipinski definition) is 1. The third kappa shape index (κ3) is 4.12. The quantitative estimate of drug-likeness (QED) is 0.817. The summed E-state index contributed by atoms with van der Waals surface area (Å²) in [4.78, 5) is 0.194. The van der Waals surface area contributed by atoms with E-state index in [1.54, 1.807) is 43.3 Å². The Morgan fingerprint density at radius 1 is 1.10 bits per heavy atom. The first-order valence-corrected chi connectivity index (χ1v) is 8.92. The van der Waals surface area contributed by atoms with Crippen LogP contribution in [0.1, 0.15) is 16.7 Å². The van der Waals surface area contributed by atoms with Crippen molar-refractivity contribution in [3.63, 3.8) is 0 Å². The van der Waals surface area contributed by atoms with Gasteiger partial charge in [-0.3, -0.25) is 0 Å². The van der Waals surface area contributed by atoms with E-state index in [2.05, 4.69) is 20.7 Å². The molecule has 0 heterocycles. The van der Waals surface area contributed by atoms with Crippen molar-refractivity contribution in [2.75, 3.05) is 0 Å². The largest absolute Gasteiger partial charge is 0.240 e. The van der Waals surface area contributed by atoms with Crippen molar-refractivity contribution in [2.45, 2.75) is 23.7 Å². The van der Waals surface area contributed by atoms with Crippen LogP contribution in [0.2, 0.25) is 0 Å². The first-order chi connectivity index (χ1) is 9.92. The highest BCUT2D eigenvalue weighted by atomic mass is 79.9. The van der Waals surface area contributed by atoms with Crippen molar-refractivity contribution in [2.24, 2.45) is 0 Å². The monoisotopic (exact) mass is 371 g/mol. The first kappa shape index (κ1) is 16.1. The van der Waals surface area contributed by atoms with Gasteiger partial charge in [0.05, 0.1) is 4.90 Å². The van der Waals surface area contributed by atoms with Crippen molar-refractivity contribution < 1.29 is 12.8 Å². The van der Waals surface area contributed by atoms with Gasteiger partial charge in [-0.2, -0.15) is 0 Å². The molecule has 0 aliphatic heterocycles. The highest BCUT2D eigenvalue weighted by molar-refractivity contribution is 9.08. The Kier molecular flexibility index (Phi) is 5.13. The molecule has 0 bridgehead atoms. The van der Waals surface area contributed by atoms with Crippen molar-refractivity contribution in [3.8, 4) is 0 Å². The molecule has 1 N–H and O–H groups in total. The molecular formula is C15H15BrFNO2S. The molecule has 0 saturated heterocycles. The molecule has 112 valence electrons. The van der Waals surface area contributed by atoms with Gasteiger partial charge < -0.3 is 0 Å². The summed E-state index contributed by atoms with van der Waals surface area (Å²) in [5.41, 5.74) is 2.11. The molecule has 0 aliphatic carbocycles. The average molecular weight is 372 g/mol. The Bertz CT molecular complexity index is 730. The highest BCUT2D eigenvalue weighted by Crippen LogP contribution is 2.14. The Balaban J connectivity index is 2.11. The lowest BCUT2D eigenvalue weighted by molar-refractivity contribution is 0.580. The maximum atomic E-state index is 13.4. The van der Waals surface area contributed by atoms with Gasteiger partial charge in [0.25, 0.3) is 0 Å². The molecule has 2 rings (SSSR count). The number of benzene rings is 2. The van der Waals surface area contributed by atoms with Gasteiger partial charge in [-0.25, -0.2) is 17.5 Å². The number of sulfonamides is 1. The van der Waals surface area contributed by atoms with E-state index in [0.717, 1.165) is 5.56 Å². The molecule has 0 radical (unpaired) electrons. The topological polar surface area (TPSA) is 46.2 Å². The predicted octanol–water partition coefficient (Wildman–Crippen LogP) is 3.51. The van der Waals surface area contributed by atoms with E-state index in [1.807, 2.05) is 0 Å². The van der Waals surface area contributed by atoms with Crippen molar-refractivity contribution in [1.29, 1.82) is 0 Å². The van der Waals surface area contributed by atoms with Crippen LogP contribution in [-0.2, 0) is 21.9 Å². The maximum Gasteiger partial charge on any atom is 0.240 e. The Labute approximate surface area is 132 Å². The molecular weight excluding hydrogens is 357 g/mol. The average Bonchev–Trinajstić information content (AvgIpc) is 2.48. The number of aryl methyl sites for hydroxylation is 1. The minimum Gasteiger partial charge on any atom is -0.207 e. The fraction of sp³-hybridized carbons (Fsp3) is 0.200. The summed E-state index contributed by atoms with van der Waals surface area (Å²) < 4.78 is 40.2. The smallest absolute Gasteiger partial charge is 0.207 e. The van der Waals surface area contributed by atoms with Crippen LogP contribution < -0.4 is 4.72 Å². The Morgan fingerprint density at radius 3 is 2.29 bits per heavy atom. The third-order valence-electron chi connectivity index (χ3n) is 3.09. The molecule has 3 nitrogen and oxygen atoms in total. The van der Waals surface area contributed by atoms with Gasteiger partial charge in [0, 0.05) is 11.9 Å². The summed E-state index contributed by atoms with van der Waals surface area (Å²) in [6.45, 7) is 1.72. The second-order valence-corrected chi connectivity index (χ2v) is 7.01. The van der Waals surface area contributed by atoms with Crippen LogP contribution in [0, 0.1) is 12.7 Å². The van der Waals surface area contributed by atoms with Gasteiger partial charge in [0.2, 0.25) is 10.0 Å². The second-order valence-electron chi connectivity index (χ2n) is 4.69. The fourth-order valence-electron chi connectivity index (χ4n) is 1.77. The SMILES string of the molecule is Cc1ccc(CNS(=O)(=O)c2ccc(CBr)cc2)cc1F. The molecule has 0 atom stereocenters. The zero-order chi connectivity index (χ0) is 15.5. The minimum absolute atomic E-state index is 0.0553. The van der Waals surface area contributed by atoms with E-state index in [1.165, 1.54) is 6.07 Å². The molecule has 2 aromatic carbocycles. The number of hydrogen-bond acceptors (Lipinski definition) is 2. The van der Waals surface area contributed by atoms with Crippen LogP contribution in [0.15, 0.2) is 47.4 Å². The molecule has 0 spiro atoms. The number of rotatable bonds is 5. The first-order valence-electron chi connectivity index (χ1n) is 6.32. The van der Waals surface area contributed by atoms with Crippen LogP contribution >= 0.6 is 15.9 Å². The molecule has 0 aromatic heterocycles. The lowest BCUT2D eigenvalue weighted by atomic mass is 10.1. The van der Waals surface area contributed by atoms with Crippen LogP contribution in [0.5, 0.6) is 0 Å². The van der Waals surface area contributed by atoms with E-state index in [-0.39, 0.29) is 17.3 Å². The lowest BCUT2D eigenvalue weighted by Crippen LogP contribution is -2.23. The fourth-order valence-corrected chi connectivity index (χ4v) is 3.16. The van der Waals surface area contributed by atoms with E-state index in [0.29, 0.717) is 16.5 Å². The molecule has 0 amide bonds. The van der Waals surface area contributed by atoms with Gasteiger partial charge in [-0.05, 0) is 41.8 Å². The molecule has 21 heavy (non-hydrogen) atoms. The van der Waals surface area contributed by atoms with Crippen molar-refractivity contribution in [3.05, 3.63) is 65.0 Å². The molecule has 0 unspecified atom stereocenters. The predicted molar refractivity (Wildman–Crippen MR) is 84.2 cm³/mol. The molecule has 0 aliphatic rings. The molecule has 0 saturated carbocycles. The van der Waals surface area contributed by atoms with Crippen LogP contribution in [-0.4, -0.2) is 8.42 Å². The standard InChI is InChI=1S/C15H15BrFNO2S/c1-11-2-3-13(8-15(11)17)10-18-21(19,20)14-6-4-12(9-16)5-7-14/h2-8,18H,9-10H2,1H3. The van der Waals surface area contributed by atoms with Gasteiger partial charge in [0.15, 0.2) is 0 Å². The number of halogens is 2.